The third-order valence-corrected chi connectivity index (χ3v) is 4.35. The van der Waals surface area contributed by atoms with Crippen molar-refractivity contribution in [3.05, 3.63) is 0 Å². The van der Waals surface area contributed by atoms with Gasteiger partial charge in [-0.3, -0.25) is 4.79 Å². The molecule has 0 rings (SSSR count). The molecule has 0 aromatic rings. The lowest BCUT2D eigenvalue weighted by Gasteiger charge is -2.03. The van der Waals surface area contributed by atoms with Crippen molar-refractivity contribution in [1.82, 2.24) is 10.6 Å². The van der Waals surface area contributed by atoms with Crippen LogP contribution < -0.4 is 10.6 Å². The molecule has 0 spiro atoms. The van der Waals surface area contributed by atoms with E-state index in [1.165, 1.54) is 0 Å². The molecule has 6 heteroatoms. The normalized spacial score (nSPS) is 9.88. The summed E-state index contributed by atoms with van der Waals surface area (Å²) in [6.45, 7) is 2.57. The summed E-state index contributed by atoms with van der Waals surface area (Å²) in [7, 11) is 5.08. The van der Waals surface area contributed by atoms with Crippen molar-refractivity contribution in [3.63, 3.8) is 0 Å². The second kappa shape index (κ2) is 11.1. The molecule has 0 aliphatic rings. The van der Waals surface area contributed by atoms with Gasteiger partial charge in [0.2, 0.25) is 0 Å². The lowest BCUT2D eigenvalue weighted by molar-refractivity contribution is -0.118. The molecular weight excluding hydrogens is 244 g/mol. The van der Waals surface area contributed by atoms with Crippen molar-refractivity contribution in [2.24, 2.45) is 0 Å². The summed E-state index contributed by atoms with van der Waals surface area (Å²) < 4.78 is 0. The molecule has 0 heterocycles. The number of amides is 2. The minimum Gasteiger partial charge on any atom is -0.341 e. The lowest BCUT2D eigenvalue weighted by Crippen LogP contribution is -2.33. The van der Waals surface area contributed by atoms with Crippen LogP contribution in [0.5, 0.6) is 0 Å². The van der Waals surface area contributed by atoms with E-state index in [0.717, 1.165) is 17.9 Å². The molecule has 0 saturated carbocycles. The number of hydrogen-bond acceptors (Lipinski definition) is 4. The summed E-state index contributed by atoms with van der Waals surface area (Å²) in [5, 5.41) is 5.20. The quantitative estimate of drug-likeness (QED) is 0.494. The Bertz CT molecular complexity index is 191. The van der Waals surface area contributed by atoms with Crippen molar-refractivity contribution in [2.45, 2.75) is 26.2 Å². The maximum atomic E-state index is 11.0. The standard InChI is InChI=1S/C10H20N2O2S2/c1-3-9(13)5-4-7-15-16-8-6-12-10(14)11-2/h3-8H2,1-2H3,(H2,11,12,14). The van der Waals surface area contributed by atoms with Crippen LogP contribution >= 0.6 is 21.6 Å². The van der Waals surface area contributed by atoms with E-state index in [2.05, 4.69) is 10.6 Å². The van der Waals surface area contributed by atoms with Gasteiger partial charge in [0.15, 0.2) is 0 Å². The van der Waals surface area contributed by atoms with Crippen LogP contribution in [0.15, 0.2) is 0 Å². The molecule has 0 atom stereocenters. The summed E-state index contributed by atoms with van der Waals surface area (Å²) in [6, 6.07) is -0.140. The average molecular weight is 264 g/mol. The average Bonchev–Trinajstić information content (AvgIpc) is 2.31. The van der Waals surface area contributed by atoms with E-state index < -0.39 is 0 Å². The fraction of sp³-hybridized carbons (Fsp3) is 0.800. The first-order chi connectivity index (χ1) is 7.70. The Morgan fingerprint density at radius 3 is 2.50 bits per heavy atom. The molecule has 16 heavy (non-hydrogen) atoms. The molecule has 2 N–H and O–H groups in total. The van der Waals surface area contributed by atoms with Gasteiger partial charge in [0, 0.05) is 37.9 Å². The number of ketones is 1. The second-order valence-corrected chi connectivity index (χ2v) is 5.85. The molecule has 94 valence electrons. The van der Waals surface area contributed by atoms with Crippen LogP contribution in [0.4, 0.5) is 4.79 Å². The Hall–Kier alpha value is -0.360. The minimum absolute atomic E-state index is 0.140. The van der Waals surface area contributed by atoms with Crippen LogP contribution in [0.2, 0.25) is 0 Å². The van der Waals surface area contributed by atoms with E-state index in [9.17, 15) is 9.59 Å². The molecule has 0 aromatic heterocycles. The maximum absolute atomic E-state index is 11.0. The molecule has 2 amide bonds. The van der Waals surface area contributed by atoms with Crippen LogP contribution in [-0.2, 0) is 4.79 Å². The van der Waals surface area contributed by atoms with Crippen molar-refractivity contribution >= 4 is 33.4 Å². The second-order valence-electron chi connectivity index (χ2n) is 3.15. The first kappa shape index (κ1) is 15.6. The number of nitrogens with one attached hydrogen (secondary N) is 2. The maximum Gasteiger partial charge on any atom is 0.314 e. The molecule has 0 aliphatic heterocycles. The molecule has 0 aliphatic carbocycles. The van der Waals surface area contributed by atoms with Crippen LogP contribution in [0.3, 0.4) is 0 Å². The van der Waals surface area contributed by atoms with Crippen molar-refractivity contribution in [1.29, 1.82) is 0 Å². The van der Waals surface area contributed by atoms with Gasteiger partial charge in [-0.15, -0.1) is 0 Å². The highest BCUT2D eigenvalue weighted by Crippen LogP contribution is 2.21. The third kappa shape index (κ3) is 10.2. The van der Waals surface area contributed by atoms with E-state index >= 15 is 0 Å². The van der Waals surface area contributed by atoms with Gasteiger partial charge in [-0.2, -0.15) is 0 Å². The van der Waals surface area contributed by atoms with Gasteiger partial charge in [0.25, 0.3) is 0 Å². The Balaban J connectivity index is 3.10. The molecule has 4 nitrogen and oxygen atoms in total. The summed E-state index contributed by atoms with van der Waals surface area (Å²) in [5.41, 5.74) is 0. The highest BCUT2D eigenvalue weighted by atomic mass is 33.1. The number of hydrogen-bond donors (Lipinski definition) is 2. The van der Waals surface area contributed by atoms with Gasteiger partial charge in [-0.25, -0.2) is 4.79 Å². The van der Waals surface area contributed by atoms with Gasteiger partial charge < -0.3 is 10.6 Å². The Morgan fingerprint density at radius 1 is 1.19 bits per heavy atom. The minimum atomic E-state index is -0.140. The van der Waals surface area contributed by atoms with E-state index in [-0.39, 0.29) is 6.03 Å². The molecule has 0 bridgehead atoms. The third-order valence-electron chi connectivity index (χ3n) is 1.86. The van der Waals surface area contributed by atoms with E-state index in [1.54, 1.807) is 28.6 Å². The van der Waals surface area contributed by atoms with Gasteiger partial charge in [-0.1, -0.05) is 28.5 Å². The summed E-state index contributed by atoms with van der Waals surface area (Å²) in [5.74, 6) is 2.22. The van der Waals surface area contributed by atoms with Crippen LogP contribution in [0.25, 0.3) is 0 Å². The summed E-state index contributed by atoms with van der Waals surface area (Å²) in [4.78, 5) is 21.8. The van der Waals surface area contributed by atoms with Gasteiger partial charge in [0.05, 0.1) is 0 Å². The molecule has 0 aromatic carbocycles. The number of carbonyl (C=O) groups excluding carboxylic acids is 2. The summed E-state index contributed by atoms with van der Waals surface area (Å²) in [6.07, 6.45) is 2.29. The number of carbonyl (C=O) groups is 2. The zero-order valence-electron chi connectivity index (χ0n) is 9.88. The van der Waals surface area contributed by atoms with Crippen molar-refractivity contribution in [2.75, 3.05) is 25.1 Å². The zero-order chi connectivity index (χ0) is 12.2. The van der Waals surface area contributed by atoms with Crippen molar-refractivity contribution in [3.8, 4) is 0 Å². The Labute approximate surface area is 105 Å². The first-order valence-electron chi connectivity index (χ1n) is 5.42. The predicted molar refractivity (Wildman–Crippen MR) is 71.9 cm³/mol. The molecule has 0 radical (unpaired) electrons. The molecule has 0 unspecified atom stereocenters. The number of urea groups is 1. The first-order valence-corrected chi connectivity index (χ1v) is 7.91. The highest BCUT2D eigenvalue weighted by molar-refractivity contribution is 8.76. The van der Waals surface area contributed by atoms with Gasteiger partial charge >= 0.3 is 6.03 Å². The molecular formula is C10H20N2O2S2. The van der Waals surface area contributed by atoms with Crippen LogP contribution in [-0.4, -0.2) is 36.9 Å². The highest BCUT2D eigenvalue weighted by Gasteiger charge is 1.98. The Morgan fingerprint density at radius 2 is 1.88 bits per heavy atom. The summed E-state index contributed by atoms with van der Waals surface area (Å²) >= 11 is 0. The largest absolute Gasteiger partial charge is 0.341 e. The van der Waals surface area contributed by atoms with E-state index in [4.69, 9.17) is 0 Å². The topological polar surface area (TPSA) is 58.2 Å². The lowest BCUT2D eigenvalue weighted by atomic mass is 10.2. The molecule has 0 saturated heterocycles. The number of Topliss-reactive ketones (excluding diaryl/α,β-unsaturated/α-hetero) is 1. The smallest absolute Gasteiger partial charge is 0.314 e. The van der Waals surface area contributed by atoms with Gasteiger partial charge in [-0.05, 0) is 6.42 Å². The number of rotatable bonds is 9. The zero-order valence-corrected chi connectivity index (χ0v) is 11.5. The Kier molecular flexibility index (Phi) is 10.9. The predicted octanol–water partition coefficient (Wildman–Crippen LogP) is 2.06. The molecule has 0 fully saturated rings. The monoisotopic (exact) mass is 264 g/mol. The fourth-order valence-electron chi connectivity index (χ4n) is 0.918. The van der Waals surface area contributed by atoms with Gasteiger partial charge in [0.1, 0.15) is 5.78 Å². The fourth-order valence-corrected chi connectivity index (χ4v) is 2.91. The van der Waals surface area contributed by atoms with E-state index in [0.29, 0.717) is 25.2 Å². The van der Waals surface area contributed by atoms with Crippen molar-refractivity contribution < 1.29 is 9.59 Å². The van der Waals surface area contributed by atoms with Crippen LogP contribution in [0.1, 0.15) is 26.2 Å². The van der Waals surface area contributed by atoms with Crippen LogP contribution in [0, 0.1) is 0 Å². The van der Waals surface area contributed by atoms with E-state index in [1.807, 2.05) is 6.92 Å². The SMILES string of the molecule is CCC(=O)CCCSSCCNC(=O)NC.